The van der Waals surface area contributed by atoms with E-state index in [2.05, 4.69) is 4.98 Å². The highest BCUT2D eigenvalue weighted by Crippen LogP contribution is 2.46. The Labute approximate surface area is 190 Å². The molecule has 1 aliphatic rings. The van der Waals surface area contributed by atoms with E-state index in [1.807, 2.05) is 13.8 Å². The number of nitrogens with zero attached hydrogens (tertiary/aromatic N) is 2. The minimum atomic E-state index is -1.38. The molecule has 1 N–H and O–H groups in total. The van der Waals surface area contributed by atoms with Crippen molar-refractivity contribution in [1.29, 1.82) is 0 Å². The molecule has 172 valence electrons. The van der Waals surface area contributed by atoms with Crippen molar-refractivity contribution in [3.05, 3.63) is 65.1 Å². The zero-order valence-corrected chi connectivity index (χ0v) is 19.0. The summed E-state index contributed by atoms with van der Waals surface area (Å²) < 4.78 is 30.4. The van der Waals surface area contributed by atoms with Crippen LogP contribution in [0.15, 0.2) is 42.6 Å². The molecule has 0 aliphatic carbocycles. The van der Waals surface area contributed by atoms with Crippen LogP contribution in [0.4, 0.5) is 4.39 Å². The lowest BCUT2D eigenvalue weighted by molar-refractivity contribution is 0.0640. The van der Waals surface area contributed by atoms with Crippen molar-refractivity contribution in [1.82, 2.24) is 9.88 Å². The second-order valence-electron chi connectivity index (χ2n) is 7.09. The fraction of sp³-hybridized carbons (Fsp3) is 0.261. The van der Waals surface area contributed by atoms with Crippen LogP contribution in [0.2, 0.25) is 0 Å². The summed E-state index contributed by atoms with van der Waals surface area (Å²) in [6.45, 7) is 4.44. The molecule has 1 aromatic heterocycles. The molecule has 0 radical (unpaired) electrons. The largest absolute Gasteiger partial charge is 0.505 e. The summed E-state index contributed by atoms with van der Waals surface area (Å²) in [5.41, 5.74) is 0.503. The first-order valence-corrected chi connectivity index (χ1v) is 11.7. The molecule has 3 aromatic rings. The average molecular weight is 472 g/mol. The van der Waals surface area contributed by atoms with E-state index in [0.717, 1.165) is 4.90 Å². The van der Waals surface area contributed by atoms with Gasteiger partial charge >= 0.3 is 0 Å². The van der Waals surface area contributed by atoms with E-state index in [0.29, 0.717) is 24.2 Å². The average Bonchev–Trinajstić information content (AvgIpc) is 3.06. The molecule has 33 heavy (non-hydrogen) atoms. The van der Waals surface area contributed by atoms with E-state index < -0.39 is 26.0 Å². The predicted octanol–water partition coefficient (Wildman–Crippen LogP) is 4.60. The van der Waals surface area contributed by atoms with Gasteiger partial charge < -0.3 is 18.9 Å². The van der Waals surface area contributed by atoms with Gasteiger partial charge in [-0.25, -0.2) is 4.39 Å². The van der Waals surface area contributed by atoms with E-state index in [4.69, 9.17) is 13.8 Å². The van der Waals surface area contributed by atoms with Gasteiger partial charge in [-0.2, -0.15) is 0 Å². The number of amides is 2. The molecule has 0 saturated carbocycles. The second-order valence-corrected chi connectivity index (χ2v) is 8.53. The van der Waals surface area contributed by atoms with Crippen LogP contribution in [-0.4, -0.2) is 46.4 Å². The van der Waals surface area contributed by atoms with Crippen molar-refractivity contribution < 1.29 is 32.9 Å². The number of halogens is 1. The molecule has 2 aromatic carbocycles. The Kier molecular flexibility index (Phi) is 6.83. The number of fused-ring (bicyclic) bond motifs is 2. The number of hydrogen-bond donors (Lipinski definition) is 1. The molecule has 10 heteroatoms. The summed E-state index contributed by atoms with van der Waals surface area (Å²) in [7, 11) is -1.38. The molecule has 2 amide bonds. The lowest BCUT2D eigenvalue weighted by Crippen LogP contribution is -2.29. The predicted molar refractivity (Wildman–Crippen MR) is 120 cm³/mol. The van der Waals surface area contributed by atoms with Gasteiger partial charge in [0.15, 0.2) is 12.1 Å². The molecule has 0 bridgehead atoms. The van der Waals surface area contributed by atoms with Crippen molar-refractivity contribution in [2.45, 2.75) is 20.4 Å². The highest BCUT2D eigenvalue weighted by atomic mass is 31.2. The van der Waals surface area contributed by atoms with Gasteiger partial charge in [-0.15, -0.1) is 0 Å². The monoisotopic (exact) mass is 472 g/mol. The summed E-state index contributed by atoms with van der Waals surface area (Å²) in [4.78, 5) is 31.7. The van der Waals surface area contributed by atoms with Crippen LogP contribution < -0.4 is 4.74 Å². The fourth-order valence-corrected chi connectivity index (χ4v) is 4.65. The Morgan fingerprint density at radius 1 is 1.03 bits per heavy atom. The van der Waals surface area contributed by atoms with Gasteiger partial charge in [-0.05, 0) is 43.7 Å². The van der Waals surface area contributed by atoms with E-state index >= 15 is 0 Å². The topological polar surface area (TPSA) is 98.2 Å². The van der Waals surface area contributed by atoms with Crippen LogP contribution in [0.1, 0.15) is 40.1 Å². The number of carbonyl (C=O) groups is 2. The number of aromatic hydroxyl groups is 1. The van der Waals surface area contributed by atoms with Crippen molar-refractivity contribution in [2.24, 2.45) is 0 Å². The SMILES string of the molecule is CCOP(COc1c2c(c(O)c3ncccc13)C(=O)N(Cc1ccc(F)cc1)C2=O)OCC. The number of hydrogen-bond acceptors (Lipinski definition) is 7. The van der Waals surface area contributed by atoms with Crippen LogP contribution in [0, 0.1) is 5.82 Å². The maximum absolute atomic E-state index is 13.4. The Morgan fingerprint density at radius 3 is 2.36 bits per heavy atom. The van der Waals surface area contributed by atoms with E-state index in [-0.39, 0.29) is 41.0 Å². The maximum Gasteiger partial charge on any atom is 0.265 e. The summed E-state index contributed by atoms with van der Waals surface area (Å²) in [6.07, 6.45) is 1.50. The first-order chi connectivity index (χ1) is 16.0. The molecular weight excluding hydrogens is 450 g/mol. The molecule has 8 nitrogen and oxygen atoms in total. The van der Waals surface area contributed by atoms with Gasteiger partial charge in [0.1, 0.15) is 22.6 Å². The zero-order chi connectivity index (χ0) is 23.5. The third-order valence-corrected chi connectivity index (χ3v) is 6.46. The number of imide groups is 1. The number of aromatic nitrogens is 1. The standard InChI is InChI=1S/C23H22FN2O6P/c1-3-31-33(32-4-2)13-30-21-16-6-5-11-25-19(16)20(27)17-18(21)23(29)26(22(17)28)12-14-7-9-15(24)10-8-14/h5-11,27H,3-4,12-13H2,1-2H3. The van der Waals surface area contributed by atoms with Gasteiger partial charge in [0, 0.05) is 11.6 Å². The minimum absolute atomic E-state index is 0.0255. The number of benzene rings is 2. The van der Waals surface area contributed by atoms with Crippen LogP contribution >= 0.6 is 8.38 Å². The van der Waals surface area contributed by atoms with Crippen LogP contribution in [0.3, 0.4) is 0 Å². The zero-order valence-electron chi connectivity index (χ0n) is 18.1. The van der Waals surface area contributed by atoms with Crippen molar-refractivity contribution in [3.8, 4) is 11.5 Å². The van der Waals surface area contributed by atoms with Crippen LogP contribution in [-0.2, 0) is 15.6 Å². The number of carbonyl (C=O) groups excluding carboxylic acids is 2. The first-order valence-electron chi connectivity index (χ1n) is 10.4. The lowest BCUT2D eigenvalue weighted by atomic mass is 10.0. The summed E-state index contributed by atoms with van der Waals surface area (Å²) in [5, 5.41) is 11.2. The minimum Gasteiger partial charge on any atom is -0.505 e. The number of ether oxygens (including phenoxy) is 1. The fourth-order valence-electron chi connectivity index (χ4n) is 3.62. The van der Waals surface area contributed by atoms with Crippen LogP contribution in [0.25, 0.3) is 10.9 Å². The van der Waals surface area contributed by atoms with Gasteiger partial charge in [-0.3, -0.25) is 19.5 Å². The van der Waals surface area contributed by atoms with E-state index in [1.54, 1.807) is 12.1 Å². The van der Waals surface area contributed by atoms with E-state index in [9.17, 15) is 19.1 Å². The Morgan fingerprint density at radius 2 is 1.70 bits per heavy atom. The van der Waals surface area contributed by atoms with Crippen LogP contribution in [0.5, 0.6) is 11.5 Å². The molecule has 0 atom stereocenters. The smallest absolute Gasteiger partial charge is 0.265 e. The summed E-state index contributed by atoms with van der Waals surface area (Å²) in [5.74, 6) is -1.96. The molecule has 2 heterocycles. The third kappa shape index (κ3) is 4.39. The lowest BCUT2D eigenvalue weighted by Gasteiger charge is -2.18. The quantitative estimate of drug-likeness (QED) is 0.359. The highest BCUT2D eigenvalue weighted by Gasteiger charge is 2.42. The molecule has 0 spiro atoms. The second kappa shape index (κ2) is 9.79. The third-order valence-electron chi connectivity index (χ3n) is 5.02. The maximum atomic E-state index is 13.4. The van der Waals surface area contributed by atoms with Gasteiger partial charge in [-0.1, -0.05) is 12.1 Å². The number of rotatable bonds is 9. The molecular formula is C23H22FN2O6P. The normalized spacial score (nSPS) is 13.3. The van der Waals surface area contributed by atoms with Crippen molar-refractivity contribution in [3.63, 3.8) is 0 Å². The number of phenolic OH excluding ortho intramolecular Hbond substituents is 1. The molecule has 0 fully saturated rings. The molecule has 0 saturated heterocycles. The first kappa shape index (κ1) is 23.0. The Balaban J connectivity index is 1.76. The van der Waals surface area contributed by atoms with Gasteiger partial charge in [0.05, 0.1) is 25.3 Å². The number of pyridine rings is 1. The Hall–Kier alpha value is -3.13. The number of phenols is 1. The van der Waals surface area contributed by atoms with E-state index in [1.165, 1.54) is 30.5 Å². The van der Waals surface area contributed by atoms with Gasteiger partial charge in [0.25, 0.3) is 11.8 Å². The molecule has 4 rings (SSSR count). The van der Waals surface area contributed by atoms with Gasteiger partial charge in [0.2, 0.25) is 8.38 Å². The highest BCUT2D eigenvalue weighted by molar-refractivity contribution is 7.47. The molecule has 0 unspecified atom stereocenters. The van der Waals surface area contributed by atoms with Crippen molar-refractivity contribution in [2.75, 3.05) is 19.6 Å². The Bertz CT molecular complexity index is 1200. The summed E-state index contributed by atoms with van der Waals surface area (Å²) in [6, 6.07) is 8.79. The van der Waals surface area contributed by atoms with Crippen molar-refractivity contribution >= 4 is 31.1 Å². The molecule has 1 aliphatic heterocycles. The summed E-state index contributed by atoms with van der Waals surface area (Å²) >= 11 is 0.